The van der Waals surface area contributed by atoms with Crippen molar-refractivity contribution in [1.29, 1.82) is 0 Å². The predicted molar refractivity (Wildman–Crippen MR) is 116 cm³/mol. The number of aryl methyl sites for hydroxylation is 2. The third kappa shape index (κ3) is 4.66. The molecule has 0 bridgehead atoms. The summed E-state index contributed by atoms with van der Waals surface area (Å²) in [6, 6.07) is 5.47. The lowest BCUT2D eigenvalue weighted by molar-refractivity contribution is -0.141. The molecule has 7 heteroatoms. The largest absolute Gasteiger partial charge is 0.504 e. The molecular weight excluding hydrogens is 394 g/mol. The number of hydrogen-bond acceptors (Lipinski definition) is 6. The Kier molecular flexibility index (Phi) is 6.41. The van der Waals surface area contributed by atoms with Gasteiger partial charge in [-0.2, -0.15) is 0 Å². The van der Waals surface area contributed by atoms with Gasteiger partial charge >= 0.3 is 0 Å². The smallest absolute Gasteiger partial charge is 0.222 e. The van der Waals surface area contributed by atoms with Gasteiger partial charge in [0.15, 0.2) is 11.5 Å². The molecule has 2 aromatic rings. The first-order valence-corrected chi connectivity index (χ1v) is 11.1. The molecule has 2 aliphatic heterocycles. The van der Waals surface area contributed by atoms with Crippen LogP contribution in [0.1, 0.15) is 54.7 Å². The second kappa shape index (κ2) is 9.22. The molecule has 1 saturated heterocycles. The van der Waals surface area contributed by atoms with Crippen LogP contribution in [-0.4, -0.2) is 52.7 Å². The molecule has 166 valence electrons. The zero-order valence-corrected chi connectivity index (χ0v) is 18.4. The molecule has 1 amide bonds. The third-order valence-electron chi connectivity index (χ3n) is 6.44. The molecule has 4 rings (SSSR count). The number of carbonyl (C=O) groups is 1. The number of hydrogen-bond donors (Lipinski definition) is 1. The summed E-state index contributed by atoms with van der Waals surface area (Å²) in [7, 11) is 1.54. The molecule has 0 saturated carbocycles. The average molecular weight is 426 g/mol. The molecule has 0 radical (unpaired) electrons. The van der Waals surface area contributed by atoms with Gasteiger partial charge in [0, 0.05) is 25.7 Å². The summed E-state index contributed by atoms with van der Waals surface area (Å²) in [5, 5.41) is 9.88. The summed E-state index contributed by atoms with van der Waals surface area (Å²) in [4.78, 5) is 23.7. The number of fused-ring (bicyclic) bond motifs is 2. The van der Waals surface area contributed by atoms with Crippen LogP contribution < -0.4 is 4.74 Å². The number of carbonyl (C=O) groups excluding carboxylic acids is 1. The zero-order valence-electron chi connectivity index (χ0n) is 18.4. The Hall–Kier alpha value is -2.67. The second-order valence-corrected chi connectivity index (χ2v) is 8.48. The van der Waals surface area contributed by atoms with E-state index < -0.39 is 0 Å². The Morgan fingerprint density at radius 3 is 2.84 bits per heavy atom. The molecule has 0 unspecified atom stereocenters. The van der Waals surface area contributed by atoms with Gasteiger partial charge in [0.25, 0.3) is 0 Å². The maximum Gasteiger partial charge on any atom is 0.222 e. The Balaban J connectivity index is 1.26. The van der Waals surface area contributed by atoms with E-state index >= 15 is 0 Å². The highest BCUT2D eigenvalue weighted by Gasteiger charge is 2.43. The normalized spacial score (nSPS) is 17.4. The minimum absolute atomic E-state index is 0.158. The Bertz CT molecular complexity index is 938. The summed E-state index contributed by atoms with van der Waals surface area (Å²) in [6.07, 6.45) is 7.47. The van der Waals surface area contributed by atoms with Crippen molar-refractivity contribution in [3.05, 3.63) is 47.0 Å². The van der Waals surface area contributed by atoms with Crippen LogP contribution in [0.2, 0.25) is 0 Å². The van der Waals surface area contributed by atoms with E-state index in [2.05, 4.69) is 4.98 Å². The van der Waals surface area contributed by atoms with Gasteiger partial charge in [-0.05, 0) is 68.7 Å². The van der Waals surface area contributed by atoms with Crippen molar-refractivity contribution in [3.63, 3.8) is 0 Å². The molecule has 31 heavy (non-hydrogen) atoms. The number of aromatic nitrogens is 2. The Labute approximate surface area is 183 Å². The molecule has 1 fully saturated rings. The van der Waals surface area contributed by atoms with E-state index in [9.17, 15) is 9.90 Å². The number of ether oxygens (including phenoxy) is 2. The molecule has 1 N–H and O–H groups in total. The van der Waals surface area contributed by atoms with Gasteiger partial charge in [0.2, 0.25) is 5.91 Å². The van der Waals surface area contributed by atoms with Gasteiger partial charge in [-0.25, -0.2) is 9.97 Å². The van der Waals surface area contributed by atoms with Crippen LogP contribution in [0, 0.1) is 6.92 Å². The van der Waals surface area contributed by atoms with E-state index in [1.165, 1.54) is 12.7 Å². The molecule has 3 heterocycles. The van der Waals surface area contributed by atoms with E-state index in [1.54, 1.807) is 12.1 Å². The zero-order chi connectivity index (χ0) is 21.8. The molecule has 1 aromatic heterocycles. The summed E-state index contributed by atoms with van der Waals surface area (Å²) in [5.41, 5.74) is 2.90. The molecule has 1 spiro atoms. The van der Waals surface area contributed by atoms with Crippen molar-refractivity contribution in [3.8, 4) is 11.5 Å². The first-order valence-electron chi connectivity index (χ1n) is 11.1. The fraction of sp³-hybridized carbons (Fsp3) is 0.542. The second-order valence-electron chi connectivity index (χ2n) is 8.48. The topological polar surface area (TPSA) is 84.8 Å². The number of unbranched alkanes of at least 4 members (excludes halogenated alkanes) is 1. The number of amides is 1. The van der Waals surface area contributed by atoms with E-state index in [-0.39, 0.29) is 17.3 Å². The standard InChI is InChI=1S/C24H31N3O4/c1-17-25-16-19-9-14-31-24(23(19)26-17)10-12-27(13-11-24)22(29)6-4-3-5-18-7-8-21(30-2)20(28)15-18/h7-8,15-16,28H,3-6,9-14H2,1-2H3. The highest BCUT2D eigenvalue weighted by Crippen LogP contribution is 2.40. The lowest BCUT2D eigenvalue weighted by Crippen LogP contribution is -2.49. The number of methoxy groups -OCH3 is 1. The minimum atomic E-state index is -0.367. The molecule has 1 aromatic carbocycles. The number of benzene rings is 1. The van der Waals surface area contributed by atoms with Crippen LogP contribution in [-0.2, 0) is 28.0 Å². The van der Waals surface area contributed by atoms with Crippen LogP contribution in [0.15, 0.2) is 24.4 Å². The van der Waals surface area contributed by atoms with Crippen molar-refractivity contribution >= 4 is 5.91 Å². The van der Waals surface area contributed by atoms with Crippen LogP contribution in [0.3, 0.4) is 0 Å². The summed E-state index contributed by atoms with van der Waals surface area (Å²) in [5.74, 6) is 1.62. The highest BCUT2D eigenvalue weighted by atomic mass is 16.5. The first-order chi connectivity index (χ1) is 15.0. The number of nitrogens with zero attached hydrogens (tertiary/aromatic N) is 3. The molecule has 0 aliphatic carbocycles. The van der Waals surface area contributed by atoms with Gasteiger partial charge in [0.05, 0.1) is 19.4 Å². The molecular formula is C24H31N3O4. The van der Waals surface area contributed by atoms with Crippen molar-refractivity contribution in [2.24, 2.45) is 0 Å². The number of phenolic OH excluding ortho intramolecular Hbond substituents is 1. The quantitative estimate of drug-likeness (QED) is 0.715. The van der Waals surface area contributed by atoms with E-state index in [4.69, 9.17) is 14.5 Å². The number of phenols is 1. The average Bonchev–Trinajstić information content (AvgIpc) is 2.78. The number of aromatic hydroxyl groups is 1. The van der Waals surface area contributed by atoms with E-state index in [0.717, 1.165) is 55.6 Å². The van der Waals surface area contributed by atoms with Crippen molar-refractivity contribution < 1.29 is 19.4 Å². The third-order valence-corrected chi connectivity index (χ3v) is 6.44. The maximum absolute atomic E-state index is 12.7. The van der Waals surface area contributed by atoms with Crippen LogP contribution >= 0.6 is 0 Å². The van der Waals surface area contributed by atoms with E-state index in [0.29, 0.717) is 31.9 Å². The van der Waals surface area contributed by atoms with E-state index in [1.807, 2.05) is 24.1 Å². The number of piperidine rings is 1. The van der Waals surface area contributed by atoms with Crippen molar-refractivity contribution in [2.45, 2.75) is 57.5 Å². The molecule has 7 nitrogen and oxygen atoms in total. The predicted octanol–water partition coefficient (Wildman–Crippen LogP) is 3.30. The van der Waals surface area contributed by atoms with Gasteiger partial charge in [-0.3, -0.25) is 4.79 Å². The Morgan fingerprint density at radius 2 is 2.10 bits per heavy atom. The Morgan fingerprint density at radius 1 is 1.29 bits per heavy atom. The monoisotopic (exact) mass is 425 g/mol. The van der Waals surface area contributed by atoms with Crippen LogP contribution in [0.25, 0.3) is 0 Å². The van der Waals surface area contributed by atoms with Gasteiger partial charge in [-0.1, -0.05) is 6.07 Å². The number of rotatable bonds is 6. The minimum Gasteiger partial charge on any atom is -0.504 e. The molecule has 0 atom stereocenters. The van der Waals surface area contributed by atoms with Crippen molar-refractivity contribution in [2.75, 3.05) is 26.8 Å². The summed E-state index contributed by atoms with van der Waals surface area (Å²) >= 11 is 0. The summed E-state index contributed by atoms with van der Waals surface area (Å²) in [6.45, 7) is 4.00. The fourth-order valence-electron chi connectivity index (χ4n) is 4.65. The SMILES string of the molecule is COc1ccc(CCCCC(=O)N2CCC3(CC2)OCCc2cnc(C)nc23)cc1O. The fourth-order valence-corrected chi connectivity index (χ4v) is 4.65. The molecule has 2 aliphatic rings. The summed E-state index contributed by atoms with van der Waals surface area (Å²) < 4.78 is 11.3. The van der Waals surface area contributed by atoms with Gasteiger partial charge in [-0.15, -0.1) is 0 Å². The van der Waals surface area contributed by atoms with Crippen molar-refractivity contribution in [1.82, 2.24) is 14.9 Å². The van der Waals surface area contributed by atoms with Gasteiger partial charge in [0.1, 0.15) is 11.4 Å². The van der Waals surface area contributed by atoms with Crippen LogP contribution in [0.5, 0.6) is 11.5 Å². The lowest BCUT2D eigenvalue weighted by Gasteiger charge is -2.44. The number of likely N-dealkylation sites (tertiary alicyclic amines) is 1. The maximum atomic E-state index is 12.7. The first kappa shape index (κ1) is 21.6. The lowest BCUT2D eigenvalue weighted by atomic mass is 9.83. The van der Waals surface area contributed by atoms with Gasteiger partial charge < -0.3 is 19.5 Å². The van der Waals surface area contributed by atoms with Crippen LogP contribution in [0.4, 0.5) is 0 Å². The highest BCUT2D eigenvalue weighted by molar-refractivity contribution is 5.76.